The van der Waals surface area contributed by atoms with Gasteiger partial charge in [-0.3, -0.25) is 0 Å². The summed E-state index contributed by atoms with van der Waals surface area (Å²) >= 11 is 4.20. The Morgan fingerprint density at radius 1 is 1.11 bits per heavy atom. The quantitative estimate of drug-likeness (QED) is 0.128. The number of hydrogen-bond donors (Lipinski definition) is 1. The lowest BCUT2D eigenvalue weighted by Crippen LogP contribution is -2.19. The summed E-state index contributed by atoms with van der Waals surface area (Å²) in [7, 11) is 2.38. The van der Waals surface area contributed by atoms with Crippen LogP contribution in [0.4, 0.5) is 0 Å². The highest BCUT2D eigenvalue weighted by atomic mass is 32.1. The standard InChI is InChI=1S/C31H34NO2PS/c1-6-24-15-18-27(32-29(24)20-22(2)3)17-14-23-10-9-12-26(21-23)30(33-36)19-16-25-11-7-8-13-28(25)31(4,5)34-35/h1,7-15,17-18,20-21,30,36H,16,19,35H2,2-5H3/b17-14+. The van der Waals surface area contributed by atoms with Crippen LogP contribution in [0.5, 0.6) is 0 Å². The number of rotatable bonds is 10. The van der Waals surface area contributed by atoms with Gasteiger partial charge in [0.05, 0.1) is 28.7 Å². The predicted molar refractivity (Wildman–Crippen MR) is 158 cm³/mol. The van der Waals surface area contributed by atoms with E-state index in [2.05, 4.69) is 84.6 Å². The maximum atomic E-state index is 5.65. The maximum Gasteiger partial charge on any atom is 0.0972 e. The third-order valence-corrected chi connectivity index (χ3v) is 6.86. The molecule has 0 spiro atoms. The lowest BCUT2D eigenvalue weighted by Gasteiger charge is -2.26. The van der Waals surface area contributed by atoms with Crippen molar-refractivity contribution in [3.63, 3.8) is 0 Å². The first kappa shape index (κ1) is 27.9. The molecule has 5 heteroatoms. The van der Waals surface area contributed by atoms with Gasteiger partial charge >= 0.3 is 0 Å². The Balaban J connectivity index is 1.78. The number of hydrogen-bond acceptors (Lipinski definition) is 4. The highest BCUT2D eigenvalue weighted by Gasteiger charge is 2.23. The number of thiol groups is 1. The van der Waals surface area contributed by atoms with Gasteiger partial charge in [-0.05, 0) is 106 Å². The molecule has 0 amide bonds. The van der Waals surface area contributed by atoms with E-state index in [9.17, 15) is 0 Å². The van der Waals surface area contributed by atoms with Crippen LogP contribution in [0.2, 0.25) is 0 Å². The van der Waals surface area contributed by atoms with E-state index in [-0.39, 0.29) is 11.7 Å². The number of terminal acetylenes is 1. The van der Waals surface area contributed by atoms with E-state index in [1.54, 1.807) is 0 Å². The van der Waals surface area contributed by atoms with Crippen molar-refractivity contribution in [3.8, 4) is 12.3 Å². The highest BCUT2D eigenvalue weighted by Crippen LogP contribution is 2.32. The number of aromatic nitrogens is 1. The molecule has 1 heterocycles. The van der Waals surface area contributed by atoms with Gasteiger partial charge in [0.2, 0.25) is 0 Å². The van der Waals surface area contributed by atoms with E-state index in [0.717, 1.165) is 46.5 Å². The summed E-state index contributed by atoms with van der Waals surface area (Å²) in [5, 5.41) is 0. The number of nitrogens with zero attached hydrogens (tertiary/aromatic N) is 1. The second-order valence-corrected chi connectivity index (χ2v) is 9.90. The van der Waals surface area contributed by atoms with Crippen molar-refractivity contribution in [2.45, 2.75) is 52.2 Å². The van der Waals surface area contributed by atoms with Gasteiger partial charge < -0.3 is 8.71 Å². The summed E-state index contributed by atoms with van der Waals surface area (Å²) in [5.41, 5.74) is 7.77. The highest BCUT2D eigenvalue weighted by molar-refractivity contribution is 7.75. The fourth-order valence-electron chi connectivity index (χ4n) is 4.09. The van der Waals surface area contributed by atoms with Crippen molar-refractivity contribution < 1.29 is 8.71 Å². The summed E-state index contributed by atoms with van der Waals surface area (Å²) in [6.45, 7) is 8.20. The lowest BCUT2D eigenvalue weighted by atomic mass is 9.90. The first-order chi connectivity index (χ1) is 17.3. The Morgan fingerprint density at radius 2 is 1.89 bits per heavy atom. The Bertz CT molecular complexity index is 1290. The first-order valence-corrected chi connectivity index (χ1v) is 12.8. The summed E-state index contributed by atoms with van der Waals surface area (Å²) < 4.78 is 11.2. The summed E-state index contributed by atoms with van der Waals surface area (Å²) in [6, 6.07) is 20.6. The van der Waals surface area contributed by atoms with Crippen LogP contribution in [0, 0.1) is 12.3 Å². The third kappa shape index (κ3) is 7.42. The van der Waals surface area contributed by atoms with Crippen molar-refractivity contribution in [2.24, 2.45) is 0 Å². The van der Waals surface area contributed by atoms with Gasteiger partial charge in [0.25, 0.3) is 0 Å². The molecule has 0 radical (unpaired) electrons. The van der Waals surface area contributed by atoms with E-state index >= 15 is 0 Å². The molecule has 2 unspecified atom stereocenters. The molecule has 0 aliphatic rings. The molecule has 3 rings (SSSR count). The van der Waals surface area contributed by atoms with Crippen LogP contribution in [-0.4, -0.2) is 4.98 Å². The van der Waals surface area contributed by atoms with E-state index in [1.165, 1.54) is 11.1 Å². The van der Waals surface area contributed by atoms with Crippen molar-refractivity contribution in [1.29, 1.82) is 0 Å². The molecule has 0 saturated carbocycles. The van der Waals surface area contributed by atoms with Crippen LogP contribution in [-0.2, 0) is 20.7 Å². The molecule has 0 fully saturated rings. The van der Waals surface area contributed by atoms with E-state index < -0.39 is 0 Å². The minimum Gasteiger partial charge on any atom is -0.355 e. The normalized spacial score (nSPS) is 12.4. The Kier molecular flexibility index (Phi) is 10.1. The zero-order chi connectivity index (χ0) is 26.1. The van der Waals surface area contributed by atoms with Gasteiger partial charge in [0, 0.05) is 9.47 Å². The zero-order valence-corrected chi connectivity index (χ0v) is 23.4. The van der Waals surface area contributed by atoms with Crippen molar-refractivity contribution >= 4 is 40.6 Å². The molecule has 0 aliphatic carbocycles. The second kappa shape index (κ2) is 13.0. The van der Waals surface area contributed by atoms with Gasteiger partial charge in [-0.15, -0.1) is 6.42 Å². The lowest BCUT2D eigenvalue weighted by molar-refractivity contribution is 0.137. The van der Waals surface area contributed by atoms with Gasteiger partial charge in [-0.25, -0.2) is 4.98 Å². The minimum absolute atomic E-state index is 0.146. The average Bonchev–Trinajstić information content (AvgIpc) is 2.88. The molecule has 3 nitrogen and oxygen atoms in total. The molecule has 2 aromatic carbocycles. The number of benzene rings is 2. The fourth-order valence-corrected chi connectivity index (χ4v) is 4.44. The predicted octanol–water partition coefficient (Wildman–Crippen LogP) is 8.23. The average molecular weight is 516 g/mol. The third-order valence-electron chi connectivity index (χ3n) is 6.02. The van der Waals surface area contributed by atoms with Crippen LogP contribution in [0.3, 0.4) is 0 Å². The number of allylic oxidation sites excluding steroid dienone is 1. The Hall–Kier alpha value is -2.67. The largest absolute Gasteiger partial charge is 0.355 e. The van der Waals surface area contributed by atoms with Crippen LogP contribution in [0.25, 0.3) is 18.2 Å². The van der Waals surface area contributed by atoms with Crippen molar-refractivity contribution in [2.75, 3.05) is 0 Å². The van der Waals surface area contributed by atoms with Crippen LogP contribution in [0.15, 0.2) is 66.2 Å². The van der Waals surface area contributed by atoms with Crippen LogP contribution in [0.1, 0.15) is 79.4 Å². The van der Waals surface area contributed by atoms with Crippen molar-refractivity contribution in [3.05, 3.63) is 105 Å². The second-order valence-electron chi connectivity index (χ2n) is 9.46. The first-order valence-electron chi connectivity index (χ1n) is 11.9. The number of pyridine rings is 1. The molecule has 0 bridgehead atoms. The summed E-state index contributed by atoms with van der Waals surface area (Å²) in [6.07, 6.45) is 13.2. The van der Waals surface area contributed by atoms with Gasteiger partial charge in [-0.2, -0.15) is 0 Å². The van der Waals surface area contributed by atoms with E-state index in [0.29, 0.717) is 0 Å². The Labute approximate surface area is 224 Å². The minimum atomic E-state index is -0.388. The number of aryl methyl sites for hydroxylation is 1. The van der Waals surface area contributed by atoms with Gasteiger partial charge in [0.15, 0.2) is 0 Å². The monoisotopic (exact) mass is 515 g/mol. The fraction of sp³-hybridized carbons (Fsp3) is 0.258. The molecular weight excluding hydrogens is 481 g/mol. The summed E-state index contributed by atoms with van der Waals surface area (Å²) in [5.74, 6) is 2.71. The van der Waals surface area contributed by atoms with Gasteiger partial charge in [-0.1, -0.05) is 60.0 Å². The molecule has 0 saturated heterocycles. The molecule has 1 aromatic heterocycles. The molecule has 0 N–H and O–H groups in total. The SMILES string of the molecule is C#Cc1ccc(/C=C/c2cccc(C(CCc3ccccc3C(C)(C)OP)OS)c2)nc1C=C(C)C. The topological polar surface area (TPSA) is 31.4 Å². The molecule has 186 valence electrons. The van der Waals surface area contributed by atoms with Crippen molar-refractivity contribution in [1.82, 2.24) is 4.98 Å². The maximum absolute atomic E-state index is 5.65. The zero-order valence-electron chi connectivity index (χ0n) is 21.4. The summed E-state index contributed by atoms with van der Waals surface area (Å²) in [4.78, 5) is 4.72. The molecule has 3 aromatic rings. The van der Waals surface area contributed by atoms with E-state index in [1.807, 2.05) is 50.3 Å². The van der Waals surface area contributed by atoms with Crippen LogP contribution >= 0.6 is 22.4 Å². The smallest absolute Gasteiger partial charge is 0.0972 e. The molecule has 2 atom stereocenters. The van der Waals surface area contributed by atoms with E-state index in [4.69, 9.17) is 20.1 Å². The van der Waals surface area contributed by atoms with Gasteiger partial charge in [0.1, 0.15) is 0 Å². The van der Waals surface area contributed by atoms with Crippen LogP contribution < -0.4 is 0 Å². The molecule has 0 aliphatic heterocycles. The Morgan fingerprint density at radius 3 is 2.58 bits per heavy atom. The molecular formula is C31H34NO2PS. The molecule has 36 heavy (non-hydrogen) atoms.